The highest BCUT2D eigenvalue weighted by atomic mass is 16.6. The number of nitrogens with zero attached hydrogens (tertiary/aromatic N) is 1. The topological polar surface area (TPSA) is 70.7 Å². The van der Waals surface area contributed by atoms with Gasteiger partial charge in [0, 0.05) is 32.7 Å². The van der Waals surface area contributed by atoms with E-state index in [1.807, 2.05) is 34.6 Å². The van der Waals surface area contributed by atoms with Crippen molar-refractivity contribution in [2.24, 2.45) is 5.41 Å². The van der Waals surface area contributed by atoms with Crippen molar-refractivity contribution >= 4 is 12.0 Å². The van der Waals surface area contributed by atoms with E-state index in [2.05, 4.69) is 10.6 Å². The van der Waals surface area contributed by atoms with Gasteiger partial charge in [-0.3, -0.25) is 4.79 Å². The molecular formula is C16H31N3O3. The molecule has 0 aromatic carbocycles. The molecule has 0 unspecified atom stereocenters. The van der Waals surface area contributed by atoms with Crippen LogP contribution in [0.2, 0.25) is 0 Å². The van der Waals surface area contributed by atoms with Crippen LogP contribution in [-0.2, 0) is 9.53 Å². The first-order valence-electron chi connectivity index (χ1n) is 7.98. The fourth-order valence-electron chi connectivity index (χ4n) is 2.41. The molecular weight excluding hydrogens is 282 g/mol. The summed E-state index contributed by atoms with van der Waals surface area (Å²) < 4.78 is 5.39. The van der Waals surface area contributed by atoms with Crippen LogP contribution in [0.5, 0.6) is 0 Å². The lowest BCUT2D eigenvalue weighted by atomic mass is 9.91. The molecule has 0 spiro atoms. The summed E-state index contributed by atoms with van der Waals surface area (Å²) >= 11 is 0. The van der Waals surface area contributed by atoms with Gasteiger partial charge in [0.2, 0.25) is 5.91 Å². The minimum absolute atomic E-state index is 0.0335. The van der Waals surface area contributed by atoms with Crippen LogP contribution in [0.3, 0.4) is 0 Å². The molecule has 0 radical (unpaired) electrons. The first-order valence-corrected chi connectivity index (χ1v) is 7.98. The third-order valence-electron chi connectivity index (χ3n) is 3.82. The van der Waals surface area contributed by atoms with Crippen LogP contribution < -0.4 is 10.6 Å². The standard InChI is InChI=1S/C16H31N3O3/c1-15(2,3)22-14(21)19-9-7-12(8-10-19)18-11-16(4,5)13(20)17-6/h12,18H,7-11H2,1-6H3,(H,17,20). The Morgan fingerprint density at radius 1 is 1.14 bits per heavy atom. The second-order valence-corrected chi connectivity index (χ2v) is 7.59. The van der Waals surface area contributed by atoms with Crippen molar-refractivity contribution in [3.05, 3.63) is 0 Å². The number of carbonyl (C=O) groups excluding carboxylic acids is 2. The summed E-state index contributed by atoms with van der Waals surface area (Å²) in [5, 5.41) is 6.13. The Kier molecular flexibility index (Phi) is 6.23. The molecule has 22 heavy (non-hydrogen) atoms. The van der Waals surface area contributed by atoms with Crippen LogP contribution in [0.25, 0.3) is 0 Å². The Morgan fingerprint density at radius 2 is 1.68 bits per heavy atom. The molecule has 0 bridgehead atoms. The van der Waals surface area contributed by atoms with Crippen molar-refractivity contribution < 1.29 is 14.3 Å². The van der Waals surface area contributed by atoms with Gasteiger partial charge in [0.25, 0.3) is 0 Å². The van der Waals surface area contributed by atoms with Crippen molar-refractivity contribution in [3.63, 3.8) is 0 Å². The third kappa shape index (κ3) is 5.83. The van der Waals surface area contributed by atoms with Gasteiger partial charge in [-0.05, 0) is 47.5 Å². The molecule has 2 amide bonds. The number of ether oxygens (including phenoxy) is 1. The third-order valence-corrected chi connectivity index (χ3v) is 3.82. The van der Waals surface area contributed by atoms with E-state index < -0.39 is 11.0 Å². The lowest BCUT2D eigenvalue weighted by molar-refractivity contribution is -0.128. The van der Waals surface area contributed by atoms with Gasteiger partial charge < -0.3 is 20.3 Å². The van der Waals surface area contributed by atoms with E-state index in [9.17, 15) is 9.59 Å². The summed E-state index contributed by atoms with van der Waals surface area (Å²) in [6.07, 6.45) is 1.52. The van der Waals surface area contributed by atoms with E-state index >= 15 is 0 Å². The van der Waals surface area contributed by atoms with Crippen LogP contribution in [0.4, 0.5) is 4.79 Å². The first-order chi connectivity index (χ1) is 10.0. The van der Waals surface area contributed by atoms with Crippen molar-refractivity contribution in [1.82, 2.24) is 15.5 Å². The van der Waals surface area contributed by atoms with Crippen LogP contribution in [0, 0.1) is 5.41 Å². The second-order valence-electron chi connectivity index (χ2n) is 7.59. The fraction of sp³-hybridized carbons (Fsp3) is 0.875. The van der Waals surface area contributed by atoms with Gasteiger partial charge in [-0.25, -0.2) is 4.79 Å². The zero-order valence-electron chi connectivity index (χ0n) is 14.8. The number of rotatable bonds is 4. The van der Waals surface area contributed by atoms with E-state index in [1.54, 1.807) is 11.9 Å². The normalized spacial score (nSPS) is 17.3. The van der Waals surface area contributed by atoms with E-state index in [4.69, 9.17) is 4.74 Å². The number of nitrogens with one attached hydrogen (secondary N) is 2. The number of carbonyl (C=O) groups is 2. The summed E-state index contributed by atoms with van der Waals surface area (Å²) in [5.41, 5.74) is -0.888. The first kappa shape index (κ1) is 18.7. The molecule has 1 aliphatic rings. The number of hydrogen-bond acceptors (Lipinski definition) is 4. The number of amides is 2. The Hall–Kier alpha value is -1.30. The van der Waals surface area contributed by atoms with Crippen LogP contribution >= 0.6 is 0 Å². The highest BCUT2D eigenvalue weighted by Gasteiger charge is 2.30. The van der Waals surface area contributed by atoms with Gasteiger partial charge in [0.1, 0.15) is 5.60 Å². The van der Waals surface area contributed by atoms with Crippen molar-refractivity contribution in [3.8, 4) is 0 Å². The van der Waals surface area contributed by atoms with Crippen LogP contribution in [-0.4, -0.2) is 55.2 Å². The molecule has 1 fully saturated rings. The molecule has 6 heteroatoms. The summed E-state index contributed by atoms with van der Waals surface area (Å²) in [6.45, 7) is 11.5. The summed E-state index contributed by atoms with van der Waals surface area (Å²) in [6, 6.07) is 0.336. The predicted molar refractivity (Wildman–Crippen MR) is 86.7 cm³/mol. The molecule has 0 aromatic rings. The van der Waals surface area contributed by atoms with Gasteiger partial charge in [-0.1, -0.05) is 0 Å². The Bertz CT molecular complexity index is 394. The maximum Gasteiger partial charge on any atom is 0.410 e. The molecule has 1 heterocycles. The Balaban J connectivity index is 2.37. The molecule has 0 aromatic heterocycles. The SMILES string of the molecule is CNC(=O)C(C)(C)CNC1CCN(C(=O)OC(C)(C)C)CC1. The minimum atomic E-state index is -0.455. The van der Waals surface area contributed by atoms with Gasteiger partial charge >= 0.3 is 6.09 Å². The van der Waals surface area contributed by atoms with Crippen LogP contribution in [0.1, 0.15) is 47.5 Å². The average molecular weight is 313 g/mol. The molecule has 128 valence electrons. The minimum Gasteiger partial charge on any atom is -0.444 e. The summed E-state index contributed by atoms with van der Waals surface area (Å²) in [7, 11) is 1.66. The van der Waals surface area contributed by atoms with Gasteiger partial charge in [0.15, 0.2) is 0 Å². The zero-order valence-corrected chi connectivity index (χ0v) is 14.8. The van der Waals surface area contributed by atoms with Crippen molar-refractivity contribution in [1.29, 1.82) is 0 Å². The van der Waals surface area contributed by atoms with E-state index in [0.29, 0.717) is 25.7 Å². The lowest BCUT2D eigenvalue weighted by Gasteiger charge is -2.35. The molecule has 0 saturated carbocycles. The highest BCUT2D eigenvalue weighted by molar-refractivity contribution is 5.81. The molecule has 1 aliphatic heterocycles. The molecule has 0 aliphatic carbocycles. The van der Waals surface area contributed by atoms with Crippen molar-refractivity contribution in [2.45, 2.75) is 59.1 Å². The van der Waals surface area contributed by atoms with Gasteiger partial charge in [0.05, 0.1) is 5.41 Å². The average Bonchev–Trinajstić information content (AvgIpc) is 2.43. The van der Waals surface area contributed by atoms with Crippen molar-refractivity contribution in [2.75, 3.05) is 26.7 Å². The molecule has 2 N–H and O–H groups in total. The largest absolute Gasteiger partial charge is 0.444 e. The Labute approximate surface area is 134 Å². The monoisotopic (exact) mass is 313 g/mol. The number of piperidine rings is 1. The van der Waals surface area contributed by atoms with E-state index in [0.717, 1.165) is 12.8 Å². The summed E-state index contributed by atoms with van der Waals surface area (Å²) in [4.78, 5) is 25.5. The smallest absolute Gasteiger partial charge is 0.410 e. The van der Waals surface area contributed by atoms with Crippen LogP contribution in [0.15, 0.2) is 0 Å². The fourth-order valence-corrected chi connectivity index (χ4v) is 2.41. The summed E-state index contributed by atoms with van der Waals surface area (Å²) in [5.74, 6) is 0.0335. The highest BCUT2D eigenvalue weighted by Crippen LogP contribution is 2.18. The lowest BCUT2D eigenvalue weighted by Crippen LogP contribution is -2.50. The second kappa shape index (κ2) is 7.31. The molecule has 1 saturated heterocycles. The van der Waals surface area contributed by atoms with Gasteiger partial charge in [-0.15, -0.1) is 0 Å². The maximum absolute atomic E-state index is 12.0. The molecule has 1 rings (SSSR count). The Morgan fingerprint density at radius 3 is 2.14 bits per heavy atom. The number of likely N-dealkylation sites (tertiary alicyclic amines) is 1. The van der Waals surface area contributed by atoms with E-state index in [-0.39, 0.29) is 12.0 Å². The predicted octanol–water partition coefficient (Wildman–Crippen LogP) is 1.75. The van der Waals surface area contributed by atoms with E-state index in [1.165, 1.54) is 0 Å². The zero-order chi connectivity index (χ0) is 17.0. The maximum atomic E-state index is 12.0. The van der Waals surface area contributed by atoms with Gasteiger partial charge in [-0.2, -0.15) is 0 Å². The molecule has 6 nitrogen and oxygen atoms in total. The number of hydrogen-bond donors (Lipinski definition) is 2. The molecule has 0 atom stereocenters. The quantitative estimate of drug-likeness (QED) is 0.829.